The van der Waals surface area contributed by atoms with E-state index in [-0.39, 0.29) is 11.5 Å². The van der Waals surface area contributed by atoms with Gasteiger partial charge in [-0.3, -0.25) is 0 Å². The lowest BCUT2D eigenvalue weighted by atomic mass is 9.88. The van der Waals surface area contributed by atoms with E-state index >= 15 is 0 Å². The van der Waals surface area contributed by atoms with Crippen LogP contribution in [-0.4, -0.2) is 11.1 Å². The SMILES string of the molecule is N#Cc1ccc(C(=O)O)c(C2C=Cc3ccccc32)c1. The van der Waals surface area contributed by atoms with Crippen molar-refractivity contribution in [2.75, 3.05) is 0 Å². The van der Waals surface area contributed by atoms with Crippen LogP contribution in [0.25, 0.3) is 6.08 Å². The molecule has 3 rings (SSSR count). The average Bonchev–Trinajstić information content (AvgIpc) is 2.90. The summed E-state index contributed by atoms with van der Waals surface area (Å²) in [5.74, 6) is -1.08. The molecule has 2 aromatic rings. The molecule has 0 saturated carbocycles. The second kappa shape index (κ2) is 4.67. The molecule has 2 aromatic carbocycles. The fourth-order valence-corrected chi connectivity index (χ4v) is 2.61. The lowest BCUT2D eigenvalue weighted by Gasteiger charge is -2.14. The number of hydrogen-bond acceptors (Lipinski definition) is 2. The van der Waals surface area contributed by atoms with Crippen LogP contribution in [0, 0.1) is 11.3 Å². The number of carboxylic acids is 1. The molecule has 1 aliphatic rings. The highest BCUT2D eigenvalue weighted by Crippen LogP contribution is 2.37. The minimum Gasteiger partial charge on any atom is -0.478 e. The van der Waals surface area contributed by atoms with Crippen molar-refractivity contribution in [2.24, 2.45) is 0 Å². The molecule has 0 saturated heterocycles. The number of allylic oxidation sites excluding steroid dienone is 1. The van der Waals surface area contributed by atoms with E-state index in [9.17, 15) is 9.90 Å². The highest BCUT2D eigenvalue weighted by molar-refractivity contribution is 5.90. The first kappa shape index (κ1) is 12.2. The van der Waals surface area contributed by atoms with Gasteiger partial charge in [0.1, 0.15) is 0 Å². The van der Waals surface area contributed by atoms with E-state index in [0.717, 1.165) is 11.1 Å². The van der Waals surface area contributed by atoms with Crippen LogP contribution in [0.1, 0.15) is 38.5 Å². The smallest absolute Gasteiger partial charge is 0.335 e. The zero-order chi connectivity index (χ0) is 14.1. The van der Waals surface area contributed by atoms with Gasteiger partial charge < -0.3 is 5.11 Å². The van der Waals surface area contributed by atoms with Gasteiger partial charge in [-0.2, -0.15) is 5.26 Å². The molecule has 0 heterocycles. The van der Waals surface area contributed by atoms with Gasteiger partial charge in [-0.25, -0.2) is 4.79 Å². The second-order valence-electron chi connectivity index (χ2n) is 4.68. The summed E-state index contributed by atoms with van der Waals surface area (Å²) in [4.78, 5) is 11.4. The van der Waals surface area contributed by atoms with Crippen molar-refractivity contribution >= 4 is 12.0 Å². The molecule has 0 amide bonds. The van der Waals surface area contributed by atoms with Crippen LogP contribution in [-0.2, 0) is 0 Å². The van der Waals surface area contributed by atoms with Crippen molar-refractivity contribution in [3.05, 3.63) is 76.4 Å². The highest BCUT2D eigenvalue weighted by atomic mass is 16.4. The van der Waals surface area contributed by atoms with Gasteiger partial charge in [0.05, 0.1) is 17.2 Å². The Kier molecular flexibility index (Phi) is 2.85. The topological polar surface area (TPSA) is 61.1 Å². The number of fused-ring (bicyclic) bond motifs is 1. The standard InChI is InChI=1S/C17H11NO2/c18-10-11-5-7-15(17(19)20)16(9-11)14-8-6-12-3-1-2-4-13(12)14/h1-9,14H,(H,19,20). The predicted octanol–water partition coefficient (Wildman–Crippen LogP) is 3.42. The van der Waals surface area contributed by atoms with E-state index in [0.29, 0.717) is 11.1 Å². The Labute approximate surface area is 116 Å². The number of carbonyl (C=O) groups is 1. The maximum atomic E-state index is 11.4. The van der Waals surface area contributed by atoms with Gasteiger partial charge in [0.2, 0.25) is 0 Å². The Hall–Kier alpha value is -2.86. The average molecular weight is 261 g/mol. The van der Waals surface area contributed by atoms with E-state index < -0.39 is 5.97 Å². The minimum atomic E-state index is -0.970. The summed E-state index contributed by atoms with van der Waals surface area (Å²) in [5, 5.41) is 18.3. The first-order valence-electron chi connectivity index (χ1n) is 6.25. The molecule has 3 heteroatoms. The summed E-state index contributed by atoms with van der Waals surface area (Å²) in [6.45, 7) is 0. The van der Waals surface area contributed by atoms with Gasteiger partial charge in [-0.15, -0.1) is 0 Å². The summed E-state index contributed by atoms with van der Waals surface area (Å²) in [6, 6.07) is 14.7. The lowest BCUT2D eigenvalue weighted by molar-refractivity contribution is 0.0695. The number of benzene rings is 2. The third-order valence-corrected chi connectivity index (χ3v) is 3.55. The van der Waals surface area contributed by atoms with Crippen molar-refractivity contribution in [3.63, 3.8) is 0 Å². The Morgan fingerprint density at radius 2 is 1.95 bits per heavy atom. The van der Waals surface area contributed by atoms with Crippen LogP contribution in [0.3, 0.4) is 0 Å². The molecule has 1 unspecified atom stereocenters. The summed E-state index contributed by atoms with van der Waals surface area (Å²) in [7, 11) is 0. The maximum Gasteiger partial charge on any atom is 0.335 e. The molecule has 20 heavy (non-hydrogen) atoms. The zero-order valence-corrected chi connectivity index (χ0v) is 10.6. The molecule has 3 nitrogen and oxygen atoms in total. The number of nitrogens with zero attached hydrogens (tertiary/aromatic N) is 1. The van der Waals surface area contributed by atoms with Gasteiger partial charge in [0.15, 0.2) is 0 Å². The first-order chi connectivity index (χ1) is 9.70. The molecule has 1 N–H and O–H groups in total. The van der Waals surface area contributed by atoms with Crippen molar-refractivity contribution in [1.82, 2.24) is 0 Å². The number of rotatable bonds is 2. The fraction of sp³-hybridized carbons (Fsp3) is 0.0588. The van der Waals surface area contributed by atoms with Crippen LogP contribution >= 0.6 is 0 Å². The van der Waals surface area contributed by atoms with Crippen molar-refractivity contribution < 1.29 is 9.90 Å². The van der Waals surface area contributed by atoms with Crippen LogP contribution in [0.5, 0.6) is 0 Å². The lowest BCUT2D eigenvalue weighted by Crippen LogP contribution is -2.07. The molecule has 0 aliphatic heterocycles. The Balaban J connectivity index is 2.18. The minimum absolute atomic E-state index is 0.106. The Bertz CT molecular complexity index is 769. The Morgan fingerprint density at radius 3 is 2.70 bits per heavy atom. The molecule has 0 bridgehead atoms. The number of hydrogen-bond donors (Lipinski definition) is 1. The second-order valence-corrected chi connectivity index (χ2v) is 4.68. The summed E-state index contributed by atoms with van der Waals surface area (Å²) in [5.41, 5.74) is 3.55. The molecule has 96 valence electrons. The summed E-state index contributed by atoms with van der Waals surface area (Å²) < 4.78 is 0. The molecule has 1 aliphatic carbocycles. The van der Waals surface area contributed by atoms with Crippen molar-refractivity contribution in [1.29, 1.82) is 5.26 Å². The Morgan fingerprint density at radius 1 is 1.15 bits per heavy atom. The summed E-state index contributed by atoms with van der Waals surface area (Å²) >= 11 is 0. The predicted molar refractivity (Wildman–Crippen MR) is 75.4 cm³/mol. The maximum absolute atomic E-state index is 11.4. The monoisotopic (exact) mass is 261 g/mol. The largest absolute Gasteiger partial charge is 0.478 e. The molecule has 0 aromatic heterocycles. The quantitative estimate of drug-likeness (QED) is 0.901. The van der Waals surface area contributed by atoms with E-state index in [4.69, 9.17) is 5.26 Å². The van der Waals surface area contributed by atoms with Gasteiger partial charge in [-0.05, 0) is 34.9 Å². The third kappa shape index (κ3) is 1.88. The normalized spacial score (nSPS) is 15.7. The third-order valence-electron chi connectivity index (χ3n) is 3.55. The van der Waals surface area contributed by atoms with Crippen LogP contribution < -0.4 is 0 Å². The first-order valence-corrected chi connectivity index (χ1v) is 6.25. The van der Waals surface area contributed by atoms with Gasteiger partial charge in [0, 0.05) is 5.92 Å². The van der Waals surface area contributed by atoms with Crippen LogP contribution in [0.2, 0.25) is 0 Å². The summed E-state index contributed by atoms with van der Waals surface area (Å²) in [6.07, 6.45) is 3.97. The zero-order valence-electron chi connectivity index (χ0n) is 10.6. The van der Waals surface area contributed by atoms with E-state index in [1.807, 2.05) is 36.4 Å². The number of aromatic carboxylic acids is 1. The fourth-order valence-electron chi connectivity index (χ4n) is 2.61. The van der Waals surface area contributed by atoms with Crippen LogP contribution in [0.4, 0.5) is 0 Å². The van der Waals surface area contributed by atoms with Gasteiger partial charge in [0.25, 0.3) is 0 Å². The van der Waals surface area contributed by atoms with Crippen molar-refractivity contribution in [2.45, 2.75) is 5.92 Å². The molecular formula is C17H11NO2. The van der Waals surface area contributed by atoms with Gasteiger partial charge >= 0.3 is 5.97 Å². The van der Waals surface area contributed by atoms with E-state index in [2.05, 4.69) is 6.07 Å². The molecule has 0 spiro atoms. The van der Waals surface area contributed by atoms with Crippen molar-refractivity contribution in [3.8, 4) is 6.07 Å². The molecule has 1 atom stereocenters. The number of nitriles is 1. The highest BCUT2D eigenvalue weighted by Gasteiger charge is 2.23. The van der Waals surface area contributed by atoms with Crippen LogP contribution in [0.15, 0.2) is 48.5 Å². The van der Waals surface area contributed by atoms with E-state index in [1.54, 1.807) is 6.07 Å². The molecule has 0 fully saturated rings. The van der Waals surface area contributed by atoms with Gasteiger partial charge in [-0.1, -0.05) is 36.4 Å². The molecule has 0 radical (unpaired) electrons. The molecular weight excluding hydrogens is 250 g/mol. The van der Waals surface area contributed by atoms with E-state index in [1.165, 1.54) is 12.1 Å². The number of carboxylic acid groups (broad SMARTS) is 1.